The number of halogens is 2. The van der Waals surface area contributed by atoms with Gasteiger partial charge in [-0.1, -0.05) is 18.2 Å². The first kappa shape index (κ1) is 17.8. The van der Waals surface area contributed by atoms with Crippen LogP contribution < -0.4 is 15.4 Å². The van der Waals surface area contributed by atoms with Crippen molar-refractivity contribution in [3.63, 3.8) is 0 Å². The van der Waals surface area contributed by atoms with Gasteiger partial charge in [-0.2, -0.15) is 0 Å². The molecule has 1 rings (SSSR count). The lowest BCUT2D eigenvalue weighted by molar-refractivity contribution is -0.122. The third-order valence-corrected chi connectivity index (χ3v) is 2.77. The van der Waals surface area contributed by atoms with Crippen LogP contribution in [0.3, 0.4) is 0 Å². The molecule has 2 amide bonds. The fraction of sp³-hybridized carbons (Fsp3) is 0.286. The molecule has 0 atom stereocenters. The van der Waals surface area contributed by atoms with Crippen LogP contribution in [0, 0.1) is 5.82 Å². The largest absolute Gasteiger partial charge is 0.484 e. The second kappa shape index (κ2) is 8.89. The third-order valence-electron chi connectivity index (χ3n) is 2.46. The molecular weight excluding hydrogens is 315 g/mol. The summed E-state index contributed by atoms with van der Waals surface area (Å²) in [5.41, 5.74) is 0.410. The number of hydrogen-bond donors (Lipinski definition) is 2. The zero-order chi connectivity index (χ0) is 16.5. The highest BCUT2D eigenvalue weighted by atomic mass is 35.5. The second-order valence-electron chi connectivity index (χ2n) is 4.18. The van der Waals surface area contributed by atoms with E-state index in [9.17, 15) is 14.0 Å². The minimum absolute atomic E-state index is 0.0247. The van der Waals surface area contributed by atoms with Gasteiger partial charge in [-0.05, 0) is 12.1 Å². The summed E-state index contributed by atoms with van der Waals surface area (Å²) in [4.78, 5) is 22.4. The van der Waals surface area contributed by atoms with Crippen LogP contribution in [0.2, 0.25) is 5.02 Å². The molecule has 8 heteroatoms. The first-order valence-corrected chi connectivity index (χ1v) is 6.67. The van der Waals surface area contributed by atoms with Crippen molar-refractivity contribution in [3.8, 4) is 5.75 Å². The van der Waals surface area contributed by atoms with Gasteiger partial charge >= 0.3 is 6.09 Å². The molecule has 0 bridgehead atoms. The Labute approximate surface area is 132 Å². The predicted molar refractivity (Wildman–Crippen MR) is 79.2 cm³/mol. The van der Waals surface area contributed by atoms with Crippen LogP contribution in [0.5, 0.6) is 5.75 Å². The molecule has 1 aromatic carbocycles. The number of nitrogens with one attached hydrogen (secondary N) is 2. The standard InChI is InChI=1S/C14H16ClFN2O4/c1-9(5-6-17-14(20)21-2)18-13(19)8-22-10-3-4-11(15)12(16)7-10/h3-4,7H,1,5-6,8H2,2H3,(H,17,20)(H,18,19). The van der Waals surface area contributed by atoms with Crippen LogP contribution in [-0.2, 0) is 9.53 Å². The Balaban J connectivity index is 2.29. The first-order chi connectivity index (χ1) is 10.4. The SMILES string of the molecule is C=C(CCNC(=O)OC)NC(=O)COc1ccc(Cl)c(F)c1. The summed E-state index contributed by atoms with van der Waals surface area (Å²) >= 11 is 5.53. The molecule has 0 spiro atoms. The zero-order valence-corrected chi connectivity index (χ0v) is 12.7. The van der Waals surface area contributed by atoms with E-state index in [1.54, 1.807) is 0 Å². The van der Waals surface area contributed by atoms with Gasteiger partial charge in [0.2, 0.25) is 0 Å². The topological polar surface area (TPSA) is 76.7 Å². The van der Waals surface area contributed by atoms with Gasteiger partial charge in [-0.15, -0.1) is 0 Å². The summed E-state index contributed by atoms with van der Waals surface area (Å²) in [5.74, 6) is -0.883. The number of hydrogen-bond acceptors (Lipinski definition) is 4. The maximum absolute atomic E-state index is 13.2. The van der Waals surface area contributed by atoms with Crippen molar-refractivity contribution in [1.82, 2.24) is 10.6 Å². The van der Waals surface area contributed by atoms with Crippen molar-refractivity contribution in [1.29, 1.82) is 0 Å². The molecule has 0 aromatic heterocycles. The van der Waals surface area contributed by atoms with E-state index in [-0.39, 0.29) is 23.9 Å². The summed E-state index contributed by atoms with van der Waals surface area (Å²) in [7, 11) is 1.25. The van der Waals surface area contributed by atoms with E-state index >= 15 is 0 Å². The fourth-order valence-corrected chi connectivity index (χ4v) is 1.52. The van der Waals surface area contributed by atoms with Crippen LogP contribution in [0.1, 0.15) is 6.42 Å². The van der Waals surface area contributed by atoms with Crippen LogP contribution in [0.25, 0.3) is 0 Å². The van der Waals surface area contributed by atoms with Gasteiger partial charge in [-0.3, -0.25) is 4.79 Å². The van der Waals surface area contributed by atoms with Crippen LogP contribution in [0.15, 0.2) is 30.5 Å². The Morgan fingerprint density at radius 1 is 1.41 bits per heavy atom. The molecule has 1 aromatic rings. The highest BCUT2D eigenvalue weighted by Gasteiger charge is 2.07. The summed E-state index contributed by atoms with van der Waals surface area (Å²) in [6, 6.07) is 3.88. The molecule has 0 aliphatic carbocycles. The Morgan fingerprint density at radius 3 is 2.77 bits per heavy atom. The minimum atomic E-state index is -0.627. The van der Waals surface area contributed by atoms with Crippen molar-refractivity contribution >= 4 is 23.6 Å². The fourth-order valence-electron chi connectivity index (χ4n) is 1.40. The summed E-state index contributed by atoms with van der Waals surface area (Å²) in [5, 5.41) is 4.92. The number of methoxy groups -OCH3 is 1. The molecular formula is C14H16ClFN2O4. The van der Waals surface area contributed by atoms with Crippen molar-refractivity contribution in [2.24, 2.45) is 0 Å². The van der Waals surface area contributed by atoms with E-state index in [0.717, 1.165) is 6.07 Å². The van der Waals surface area contributed by atoms with Crippen LogP contribution in [0.4, 0.5) is 9.18 Å². The van der Waals surface area contributed by atoms with Crippen LogP contribution >= 0.6 is 11.6 Å². The van der Waals surface area contributed by atoms with Crippen molar-refractivity contribution in [2.45, 2.75) is 6.42 Å². The van der Waals surface area contributed by atoms with Crippen LogP contribution in [-0.4, -0.2) is 32.3 Å². The molecule has 0 aliphatic rings. The lowest BCUT2D eigenvalue weighted by Gasteiger charge is -2.10. The van der Waals surface area contributed by atoms with Crippen molar-refractivity contribution < 1.29 is 23.5 Å². The van der Waals surface area contributed by atoms with Gasteiger partial charge in [0, 0.05) is 24.7 Å². The average molecular weight is 331 g/mol. The number of carbonyl (C=O) groups is 2. The van der Waals surface area contributed by atoms with E-state index < -0.39 is 17.8 Å². The molecule has 0 unspecified atom stereocenters. The number of alkyl carbamates (subject to hydrolysis) is 1. The monoisotopic (exact) mass is 330 g/mol. The number of rotatable bonds is 7. The Hall–Kier alpha value is -2.28. The van der Waals surface area contributed by atoms with Gasteiger partial charge in [0.05, 0.1) is 12.1 Å². The molecule has 0 radical (unpaired) electrons. The Kier molecular flexibility index (Phi) is 7.18. The Bertz CT molecular complexity index is 566. The predicted octanol–water partition coefficient (Wildman–Crippen LogP) is 2.23. The third kappa shape index (κ3) is 6.45. The Morgan fingerprint density at radius 2 is 2.14 bits per heavy atom. The molecule has 22 heavy (non-hydrogen) atoms. The molecule has 2 N–H and O–H groups in total. The van der Waals surface area contributed by atoms with Crippen molar-refractivity contribution in [3.05, 3.63) is 41.3 Å². The van der Waals surface area contributed by atoms with Gasteiger partial charge in [0.1, 0.15) is 11.6 Å². The smallest absolute Gasteiger partial charge is 0.406 e. The maximum atomic E-state index is 13.2. The minimum Gasteiger partial charge on any atom is -0.484 e. The van der Waals surface area contributed by atoms with E-state index in [0.29, 0.717) is 12.1 Å². The maximum Gasteiger partial charge on any atom is 0.406 e. The molecule has 0 saturated heterocycles. The summed E-state index contributed by atoms with van der Waals surface area (Å²) in [6.07, 6.45) is -0.219. The average Bonchev–Trinajstić information content (AvgIpc) is 2.48. The molecule has 0 saturated carbocycles. The number of ether oxygens (including phenoxy) is 2. The number of carbonyl (C=O) groups excluding carboxylic acids is 2. The lowest BCUT2D eigenvalue weighted by atomic mass is 10.3. The first-order valence-electron chi connectivity index (χ1n) is 6.29. The molecule has 6 nitrogen and oxygen atoms in total. The number of amides is 2. The quantitative estimate of drug-likeness (QED) is 0.804. The lowest BCUT2D eigenvalue weighted by Crippen LogP contribution is -2.30. The molecule has 0 aliphatic heterocycles. The summed E-state index contributed by atoms with van der Waals surface area (Å²) < 4.78 is 22.7. The van der Waals surface area contributed by atoms with E-state index in [4.69, 9.17) is 16.3 Å². The van der Waals surface area contributed by atoms with E-state index in [2.05, 4.69) is 21.9 Å². The highest BCUT2D eigenvalue weighted by Crippen LogP contribution is 2.20. The van der Waals surface area contributed by atoms with Gasteiger partial charge < -0.3 is 20.1 Å². The van der Waals surface area contributed by atoms with Gasteiger partial charge in [0.25, 0.3) is 5.91 Å². The highest BCUT2D eigenvalue weighted by molar-refractivity contribution is 6.30. The summed E-state index contributed by atoms with van der Waals surface area (Å²) in [6.45, 7) is 3.61. The molecule has 120 valence electrons. The molecule has 0 heterocycles. The van der Waals surface area contributed by atoms with Gasteiger partial charge in [0.15, 0.2) is 6.61 Å². The van der Waals surface area contributed by atoms with Crippen molar-refractivity contribution in [2.75, 3.05) is 20.3 Å². The van der Waals surface area contributed by atoms with E-state index in [1.165, 1.54) is 19.2 Å². The van der Waals surface area contributed by atoms with E-state index in [1.807, 2.05) is 0 Å². The second-order valence-corrected chi connectivity index (χ2v) is 4.59. The normalized spacial score (nSPS) is 9.77. The number of benzene rings is 1. The zero-order valence-electron chi connectivity index (χ0n) is 11.9. The van der Waals surface area contributed by atoms with Gasteiger partial charge in [-0.25, -0.2) is 9.18 Å². The molecule has 0 fully saturated rings.